The molecule has 88 valence electrons. The number of anilines is 2. The van der Waals surface area contributed by atoms with Crippen LogP contribution in [-0.4, -0.2) is 35.3 Å². The van der Waals surface area contributed by atoms with Crippen LogP contribution in [0.1, 0.15) is 19.5 Å². The van der Waals surface area contributed by atoms with Crippen LogP contribution < -0.4 is 10.6 Å². The van der Waals surface area contributed by atoms with Crippen LogP contribution in [0.5, 0.6) is 0 Å². The molecule has 0 amide bonds. The van der Waals surface area contributed by atoms with Gasteiger partial charge >= 0.3 is 0 Å². The Morgan fingerprint density at radius 3 is 2.50 bits per heavy atom. The predicted octanol–water partition coefficient (Wildman–Crippen LogP) is 0.981. The van der Waals surface area contributed by atoms with E-state index < -0.39 is 0 Å². The lowest BCUT2D eigenvalue weighted by Crippen LogP contribution is -2.46. The number of nitrogens with zero attached hydrogens (tertiary/aromatic N) is 3. The molecule has 0 aromatic carbocycles. The smallest absolute Gasteiger partial charge is 0.227 e. The molecule has 2 heterocycles. The SMILES string of the molecule is Cc1cc(N)nc(N2C[C@H](C)O[C@@H](C)C2)n1. The van der Waals surface area contributed by atoms with Crippen LogP contribution in [0.4, 0.5) is 11.8 Å². The molecular weight excluding hydrogens is 204 g/mol. The normalized spacial score (nSPS) is 25.8. The zero-order valence-electron chi connectivity index (χ0n) is 9.97. The molecule has 0 bridgehead atoms. The van der Waals surface area contributed by atoms with Gasteiger partial charge in [0.2, 0.25) is 5.95 Å². The molecule has 5 heteroatoms. The molecule has 5 nitrogen and oxygen atoms in total. The highest BCUT2D eigenvalue weighted by Crippen LogP contribution is 2.17. The van der Waals surface area contributed by atoms with Crippen molar-refractivity contribution in [3.63, 3.8) is 0 Å². The van der Waals surface area contributed by atoms with Crippen molar-refractivity contribution in [2.24, 2.45) is 0 Å². The number of hydrogen-bond donors (Lipinski definition) is 1. The van der Waals surface area contributed by atoms with E-state index in [2.05, 4.69) is 28.7 Å². The minimum Gasteiger partial charge on any atom is -0.384 e. The van der Waals surface area contributed by atoms with E-state index in [9.17, 15) is 0 Å². The summed E-state index contributed by atoms with van der Waals surface area (Å²) in [6, 6.07) is 1.77. The van der Waals surface area contributed by atoms with Gasteiger partial charge in [0.1, 0.15) is 5.82 Å². The van der Waals surface area contributed by atoms with Gasteiger partial charge in [-0.1, -0.05) is 0 Å². The van der Waals surface area contributed by atoms with Gasteiger partial charge in [-0.15, -0.1) is 0 Å². The summed E-state index contributed by atoms with van der Waals surface area (Å²) in [5.74, 6) is 1.23. The van der Waals surface area contributed by atoms with E-state index in [1.807, 2.05) is 6.92 Å². The van der Waals surface area contributed by atoms with Crippen LogP contribution in [0, 0.1) is 6.92 Å². The second-order valence-corrected chi connectivity index (χ2v) is 4.40. The molecule has 2 atom stereocenters. The third kappa shape index (κ3) is 2.41. The van der Waals surface area contributed by atoms with Crippen molar-refractivity contribution in [2.75, 3.05) is 23.7 Å². The van der Waals surface area contributed by atoms with Gasteiger partial charge in [-0.05, 0) is 20.8 Å². The number of hydrogen-bond acceptors (Lipinski definition) is 5. The fraction of sp³-hybridized carbons (Fsp3) is 0.636. The molecule has 0 radical (unpaired) electrons. The van der Waals surface area contributed by atoms with Crippen LogP contribution in [0.25, 0.3) is 0 Å². The Balaban J connectivity index is 2.22. The predicted molar refractivity (Wildman–Crippen MR) is 63.4 cm³/mol. The van der Waals surface area contributed by atoms with Gasteiger partial charge in [-0.3, -0.25) is 0 Å². The standard InChI is InChI=1S/C11H18N4O/c1-7-4-10(12)14-11(13-7)15-5-8(2)16-9(3)6-15/h4,8-9H,5-6H2,1-3H3,(H2,12,13,14)/t8-,9-/m0/s1. The van der Waals surface area contributed by atoms with Crippen molar-refractivity contribution in [3.8, 4) is 0 Å². The monoisotopic (exact) mass is 222 g/mol. The van der Waals surface area contributed by atoms with E-state index in [0.29, 0.717) is 11.8 Å². The summed E-state index contributed by atoms with van der Waals surface area (Å²) in [6.07, 6.45) is 0.406. The average molecular weight is 222 g/mol. The lowest BCUT2D eigenvalue weighted by atomic mass is 10.2. The van der Waals surface area contributed by atoms with Crippen molar-refractivity contribution in [1.82, 2.24) is 9.97 Å². The topological polar surface area (TPSA) is 64.3 Å². The van der Waals surface area contributed by atoms with Gasteiger partial charge in [0.15, 0.2) is 0 Å². The molecule has 1 saturated heterocycles. The lowest BCUT2D eigenvalue weighted by molar-refractivity contribution is -0.00572. The first-order valence-electron chi connectivity index (χ1n) is 5.56. The Morgan fingerprint density at radius 2 is 1.94 bits per heavy atom. The molecule has 1 aliphatic heterocycles. The second kappa shape index (κ2) is 4.25. The minimum absolute atomic E-state index is 0.203. The number of nitrogen functional groups attached to an aromatic ring is 1. The molecule has 2 N–H and O–H groups in total. The van der Waals surface area contributed by atoms with Gasteiger partial charge in [0.05, 0.1) is 12.2 Å². The molecule has 16 heavy (non-hydrogen) atoms. The largest absolute Gasteiger partial charge is 0.384 e. The molecule has 1 aromatic rings. The van der Waals surface area contributed by atoms with Gasteiger partial charge in [-0.25, -0.2) is 4.98 Å². The van der Waals surface area contributed by atoms with E-state index in [1.165, 1.54) is 0 Å². The van der Waals surface area contributed by atoms with Crippen LogP contribution in [-0.2, 0) is 4.74 Å². The molecule has 2 rings (SSSR count). The van der Waals surface area contributed by atoms with E-state index in [1.54, 1.807) is 6.07 Å². The highest BCUT2D eigenvalue weighted by atomic mass is 16.5. The fourth-order valence-electron chi connectivity index (χ4n) is 2.06. The maximum atomic E-state index is 5.73. The molecule has 1 aromatic heterocycles. The number of ether oxygens (including phenoxy) is 1. The summed E-state index contributed by atoms with van der Waals surface area (Å²) in [4.78, 5) is 10.8. The van der Waals surface area contributed by atoms with Crippen molar-refractivity contribution < 1.29 is 4.74 Å². The molecule has 0 aliphatic carbocycles. The third-order valence-electron chi connectivity index (χ3n) is 2.56. The number of rotatable bonds is 1. The van der Waals surface area contributed by atoms with Crippen LogP contribution in [0.2, 0.25) is 0 Å². The zero-order valence-corrected chi connectivity index (χ0v) is 9.97. The molecular formula is C11H18N4O. The van der Waals surface area contributed by atoms with Crippen molar-refractivity contribution in [2.45, 2.75) is 33.0 Å². The molecule has 0 saturated carbocycles. The number of aryl methyl sites for hydroxylation is 1. The Kier molecular flexibility index (Phi) is 2.96. The summed E-state index contributed by atoms with van der Waals surface area (Å²) < 4.78 is 5.67. The van der Waals surface area contributed by atoms with Gasteiger partial charge in [-0.2, -0.15) is 4.98 Å². The van der Waals surface area contributed by atoms with Gasteiger partial charge in [0.25, 0.3) is 0 Å². The highest BCUT2D eigenvalue weighted by Gasteiger charge is 2.24. The zero-order chi connectivity index (χ0) is 11.7. The van der Waals surface area contributed by atoms with Gasteiger partial charge in [0, 0.05) is 24.8 Å². The third-order valence-corrected chi connectivity index (χ3v) is 2.56. The summed E-state index contributed by atoms with van der Waals surface area (Å²) in [5, 5.41) is 0. The molecule has 1 aliphatic rings. The molecule has 0 spiro atoms. The number of morpholine rings is 1. The fourth-order valence-corrected chi connectivity index (χ4v) is 2.06. The minimum atomic E-state index is 0.203. The first-order chi connectivity index (χ1) is 7.54. The average Bonchev–Trinajstić information content (AvgIpc) is 2.14. The first-order valence-corrected chi connectivity index (χ1v) is 5.56. The van der Waals surface area contributed by atoms with Crippen molar-refractivity contribution in [1.29, 1.82) is 0 Å². The van der Waals surface area contributed by atoms with E-state index in [4.69, 9.17) is 10.5 Å². The summed E-state index contributed by atoms with van der Waals surface area (Å²) in [6.45, 7) is 7.67. The Labute approximate surface area is 95.6 Å². The van der Waals surface area contributed by atoms with Gasteiger partial charge < -0.3 is 15.4 Å². The van der Waals surface area contributed by atoms with Crippen LogP contribution in [0.15, 0.2) is 6.07 Å². The first kappa shape index (κ1) is 11.1. The van der Waals surface area contributed by atoms with E-state index in [-0.39, 0.29) is 12.2 Å². The lowest BCUT2D eigenvalue weighted by Gasteiger charge is -2.35. The molecule has 1 fully saturated rings. The Hall–Kier alpha value is -1.36. The number of nitrogens with two attached hydrogens (primary N) is 1. The second-order valence-electron chi connectivity index (χ2n) is 4.40. The Bertz CT molecular complexity index is 352. The van der Waals surface area contributed by atoms with Crippen molar-refractivity contribution in [3.05, 3.63) is 11.8 Å². The van der Waals surface area contributed by atoms with E-state index >= 15 is 0 Å². The van der Waals surface area contributed by atoms with E-state index in [0.717, 1.165) is 18.8 Å². The summed E-state index contributed by atoms with van der Waals surface area (Å²) in [5.41, 5.74) is 6.62. The molecule has 0 unspecified atom stereocenters. The maximum Gasteiger partial charge on any atom is 0.227 e. The summed E-state index contributed by atoms with van der Waals surface area (Å²) in [7, 11) is 0. The maximum absolute atomic E-state index is 5.73. The quantitative estimate of drug-likeness (QED) is 0.767. The summed E-state index contributed by atoms with van der Waals surface area (Å²) >= 11 is 0. The van der Waals surface area contributed by atoms with Crippen LogP contribution >= 0.6 is 0 Å². The number of aromatic nitrogens is 2. The van der Waals surface area contributed by atoms with Crippen LogP contribution in [0.3, 0.4) is 0 Å². The Morgan fingerprint density at radius 1 is 1.31 bits per heavy atom. The van der Waals surface area contributed by atoms with Crippen molar-refractivity contribution >= 4 is 11.8 Å². The highest BCUT2D eigenvalue weighted by molar-refractivity contribution is 5.40.